The minimum atomic E-state index is -4.07. The van der Waals surface area contributed by atoms with Gasteiger partial charge in [-0.15, -0.1) is 0 Å². The summed E-state index contributed by atoms with van der Waals surface area (Å²) in [7, 11) is -4.07. The smallest absolute Gasteiger partial charge is 0.264 e. The van der Waals surface area contributed by atoms with Crippen molar-refractivity contribution >= 4 is 43.5 Å². The molecule has 0 radical (unpaired) electrons. The third-order valence-corrected chi connectivity index (χ3v) is 9.38. The lowest BCUT2D eigenvalue weighted by Crippen LogP contribution is -2.52. The van der Waals surface area contributed by atoms with Crippen molar-refractivity contribution in [1.82, 2.24) is 10.2 Å². The van der Waals surface area contributed by atoms with Crippen LogP contribution in [0.2, 0.25) is 0 Å². The van der Waals surface area contributed by atoms with E-state index in [2.05, 4.69) is 21.2 Å². The van der Waals surface area contributed by atoms with Crippen LogP contribution in [-0.2, 0) is 26.2 Å². The number of aryl methyl sites for hydroxylation is 1. The van der Waals surface area contributed by atoms with E-state index in [0.717, 1.165) is 45.6 Å². The molecule has 1 fully saturated rings. The lowest BCUT2D eigenvalue weighted by atomic mass is 10.1. The second-order valence-corrected chi connectivity index (χ2v) is 12.8. The van der Waals surface area contributed by atoms with E-state index in [4.69, 9.17) is 0 Å². The van der Waals surface area contributed by atoms with Crippen LogP contribution in [0, 0.1) is 6.92 Å². The number of nitrogens with one attached hydrogen (secondary N) is 1. The fraction of sp³-hybridized carbons (Fsp3) is 0.333. The highest BCUT2D eigenvalue weighted by Gasteiger charge is 2.33. The summed E-state index contributed by atoms with van der Waals surface area (Å²) < 4.78 is 29.4. The van der Waals surface area contributed by atoms with E-state index in [1.165, 1.54) is 17.0 Å². The molecule has 39 heavy (non-hydrogen) atoms. The third kappa shape index (κ3) is 7.28. The van der Waals surface area contributed by atoms with Crippen molar-refractivity contribution in [3.8, 4) is 0 Å². The summed E-state index contributed by atoms with van der Waals surface area (Å²) >= 11 is 3.39. The minimum absolute atomic E-state index is 0.0813. The van der Waals surface area contributed by atoms with Gasteiger partial charge in [0.05, 0.1) is 10.6 Å². The molecule has 3 aromatic rings. The molecule has 0 spiro atoms. The van der Waals surface area contributed by atoms with E-state index in [0.29, 0.717) is 5.69 Å². The summed E-state index contributed by atoms with van der Waals surface area (Å²) in [4.78, 5) is 28.8. The molecule has 9 heteroatoms. The molecule has 0 saturated heterocycles. The average Bonchev–Trinajstić information content (AvgIpc) is 3.45. The normalized spacial score (nSPS) is 14.5. The Hall–Kier alpha value is -3.17. The van der Waals surface area contributed by atoms with E-state index < -0.39 is 28.5 Å². The number of amides is 2. The number of anilines is 1. The second kappa shape index (κ2) is 12.8. The molecule has 1 atom stereocenters. The number of carbonyl (C=O) groups is 2. The van der Waals surface area contributed by atoms with Crippen molar-refractivity contribution in [3.05, 3.63) is 94.5 Å². The summed E-state index contributed by atoms with van der Waals surface area (Å²) in [6.45, 7) is 3.41. The molecule has 0 aromatic heterocycles. The maximum Gasteiger partial charge on any atom is 0.264 e. The summed E-state index contributed by atoms with van der Waals surface area (Å²) in [5.74, 6) is -0.699. The summed E-state index contributed by atoms with van der Waals surface area (Å²) in [6, 6.07) is 21.9. The van der Waals surface area contributed by atoms with Crippen LogP contribution in [0.15, 0.2) is 88.2 Å². The zero-order valence-corrected chi connectivity index (χ0v) is 24.6. The summed E-state index contributed by atoms with van der Waals surface area (Å²) in [5.41, 5.74) is 2.29. The molecular weight excluding hydrogens is 578 g/mol. The fourth-order valence-electron chi connectivity index (χ4n) is 4.72. The first-order valence-corrected chi connectivity index (χ1v) is 15.4. The van der Waals surface area contributed by atoms with E-state index >= 15 is 0 Å². The Morgan fingerprint density at radius 1 is 0.949 bits per heavy atom. The highest BCUT2D eigenvalue weighted by atomic mass is 79.9. The first-order chi connectivity index (χ1) is 18.6. The molecule has 3 aromatic carbocycles. The SMILES string of the molecule is Cc1ccc(CN(C(=O)CN(c2ccc(Br)cc2)S(=O)(=O)c2ccccc2)C(C)C(=O)NC2CCCC2)cc1. The van der Waals surface area contributed by atoms with E-state index in [-0.39, 0.29) is 23.4 Å². The third-order valence-electron chi connectivity index (χ3n) is 7.07. The Bertz CT molecular complexity index is 1370. The zero-order chi connectivity index (χ0) is 28.0. The van der Waals surface area contributed by atoms with Crippen molar-refractivity contribution in [3.63, 3.8) is 0 Å². The van der Waals surface area contributed by atoms with Gasteiger partial charge in [-0.3, -0.25) is 13.9 Å². The number of rotatable bonds is 10. The number of halogens is 1. The molecule has 1 aliphatic rings. The number of carbonyl (C=O) groups excluding carboxylic acids is 2. The molecular formula is C30H34BrN3O4S. The van der Waals surface area contributed by atoms with Crippen LogP contribution >= 0.6 is 15.9 Å². The highest BCUT2D eigenvalue weighted by Crippen LogP contribution is 2.26. The Labute approximate surface area is 239 Å². The fourth-order valence-corrected chi connectivity index (χ4v) is 6.42. The van der Waals surface area contributed by atoms with Crippen LogP contribution in [-0.4, -0.2) is 43.8 Å². The molecule has 1 saturated carbocycles. The van der Waals surface area contributed by atoms with Crippen LogP contribution in [0.25, 0.3) is 0 Å². The predicted octanol–water partition coefficient (Wildman–Crippen LogP) is 5.43. The van der Waals surface area contributed by atoms with Crippen molar-refractivity contribution in [1.29, 1.82) is 0 Å². The first kappa shape index (κ1) is 28.8. The van der Waals surface area contributed by atoms with Crippen LogP contribution in [0.1, 0.15) is 43.7 Å². The number of sulfonamides is 1. The number of hydrogen-bond donors (Lipinski definition) is 1. The number of nitrogens with zero attached hydrogens (tertiary/aromatic N) is 2. The van der Waals surface area contributed by atoms with Gasteiger partial charge in [0.15, 0.2) is 0 Å². The van der Waals surface area contributed by atoms with E-state index in [1.807, 2.05) is 31.2 Å². The number of hydrogen-bond acceptors (Lipinski definition) is 4. The average molecular weight is 613 g/mol. The van der Waals surface area contributed by atoms with Gasteiger partial charge in [0.1, 0.15) is 12.6 Å². The second-order valence-electron chi connectivity index (χ2n) is 9.97. The van der Waals surface area contributed by atoms with Crippen LogP contribution in [0.3, 0.4) is 0 Å². The number of benzene rings is 3. The molecule has 1 unspecified atom stereocenters. The van der Waals surface area contributed by atoms with Crippen molar-refractivity contribution in [2.75, 3.05) is 10.8 Å². The Morgan fingerprint density at radius 2 is 1.56 bits per heavy atom. The topological polar surface area (TPSA) is 86.8 Å². The van der Waals surface area contributed by atoms with Crippen LogP contribution in [0.5, 0.6) is 0 Å². The zero-order valence-electron chi connectivity index (χ0n) is 22.2. The van der Waals surface area contributed by atoms with Gasteiger partial charge < -0.3 is 10.2 Å². The van der Waals surface area contributed by atoms with Gasteiger partial charge in [-0.2, -0.15) is 0 Å². The van der Waals surface area contributed by atoms with Crippen molar-refractivity contribution in [2.45, 2.75) is 63.1 Å². The first-order valence-electron chi connectivity index (χ1n) is 13.1. The molecule has 0 aliphatic heterocycles. The Morgan fingerprint density at radius 3 is 2.18 bits per heavy atom. The molecule has 7 nitrogen and oxygen atoms in total. The van der Waals surface area contributed by atoms with Gasteiger partial charge in [-0.05, 0) is 68.7 Å². The molecule has 1 N–H and O–H groups in total. The molecule has 2 amide bonds. The summed E-state index contributed by atoms with van der Waals surface area (Å²) in [6.07, 6.45) is 4.00. The van der Waals surface area contributed by atoms with Gasteiger partial charge in [0.25, 0.3) is 10.0 Å². The maximum absolute atomic E-state index is 14.0. The molecule has 0 heterocycles. The predicted molar refractivity (Wildman–Crippen MR) is 157 cm³/mol. The Balaban J connectivity index is 1.66. The Kier molecular flexibility index (Phi) is 9.45. The maximum atomic E-state index is 14.0. The van der Waals surface area contributed by atoms with E-state index in [9.17, 15) is 18.0 Å². The van der Waals surface area contributed by atoms with Crippen LogP contribution < -0.4 is 9.62 Å². The largest absolute Gasteiger partial charge is 0.352 e. The van der Waals surface area contributed by atoms with Crippen LogP contribution in [0.4, 0.5) is 5.69 Å². The van der Waals surface area contributed by atoms with Gasteiger partial charge in [0, 0.05) is 17.1 Å². The van der Waals surface area contributed by atoms with E-state index in [1.54, 1.807) is 49.4 Å². The highest BCUT2D eigenvalue weighted by molar-refractivity contribution is 9.10. The molecule has 4 rings (SSSR count). The minimum Gasteiger partial charge on any atom is -0.352 e. The van der Waals surface area contributed by atoms with Crippen molar-refractivity contribution in [2.24, 2.45) is 0 Å². The van der Waals surface area contributed by atoms with Gasteiger partial charge >= 0.3 is 0 Å². The van der Waals surface area contributed by atoms with Crippen molar-refractivity contribution < 1.29 is 18.0 Å². The van der Waals surface area contributed by atoms with Gasteiger partial charge in [-0.1, -0.05) is 76.8 Å². The standard InChI is InChI=1S/C30H34BrN3O4S/c1-22-12-14-24(15-13-22)20-33(23(2)30(36)32-26-8-6-7-9-26)29(35)21-34(27-18-16-25(31)17-19-27)39(37,38)28-10-4-3-5-11-28/h3-5,10-19,23,26H,6-9,20-21H2,1-2H3,(H,32,36). The molecule has 1 aliphatic carbocycles. The lowest BCUT2D eigenvalue weighted by Gasteiger charge is -2.32. The lowest BCUT2D eigenvalue weighted by molar-refractivity contribution is -0.139. The molecule has 0 bridgehead atoms. The van der Waals surface area contributed by atoms with Gasteiger partial charge in [-0.25, -0.2) is 8.42 Å². The summed E-state index contributed by atoms with van der Waals surface area (Å²) in [5, 5.41) is 3.09. The monoisotopic (exact) mass is 611 g/mol. The quantitative estimate of drug-likeness (QED) is 0.331. The van der Waals surface area contributed by atoms with Gasteiger partial charge in [0.2, 0.25) is 11.8 Å². The molecule has 206 valence electrons.